The number of benzene rings is 1. The molecule has 1 atom stereocenters. The van der Waals surface area contributed by atoms with Crippen LogP contribution in [0, 0.1) is 0 Å². The summed E-state index contributed by atoms with van der Waals surface area (Å²) in [6.45, 7) is 1.93. The number of hydrogen-bond acceptors (Lipinski definition) is 2. The molecule has 0 aromatic heterocycles. The summed E-state index contributed by atoms with van der Waals surface area (Å²) in [6, 6.07) is 7.70. The van der Waals surface area contributed by atoms with Gasteiger partial charge in [-0.25, -0.2) is 8.42 Å². The number of rotatable bonds is 1. The second-order valence-electron chi connectivity index (χ2n) is 3.74. The zero-order valence-electron chi connectivity index (χ0n) is 8.27. The number of nitrogens with zero attached hydrogens (tertiary/aromatic N) is 1. The lowest BCUT2D eigenvalue weighted by Crippen LogP contribution is -2.34. The zero-order chi connectivity index (χ0) is 10.3. The van der Waals surface area contributed by atoms with Crippen LogP contribution < -0.4 is 4.31 Å². The van der Waals surface area contributed by atoms with E-state index in [1.807, 2.05) is 31.2 Å². The summed E-state index contributed by atoms with van der Waals surface area (Å²) in [7, 11) is -3.13. The van der Waals surface area contributed by atoms with Crippen LogP contribution in [0.25, 0.3) is 0 Å². The highest BCUT2D eigenvalue weighted by molar-refractivity contribution is 7.92. The van der Waals surface area contributed by atoms with Gasteiger partial charge in [-0.1, -0.05) is 18.2 Å². The number of fused-ring (bicyclic) bond motifs is 1. The van der Waals surface area contributed by atoms with E-state index in [4.69, 9.17) is 0 Å². The minimum Gasteiger partial charge on any atom is -0.267 e. The van der Waals surface area contributed by atoms with Crippen LogP contribution in [0.3, 0.4) is 0 Å². The van der Waals surface area contributed by atoms with Crippen molar-refractivity contribution in [2.45, 2.75) is 19.4 Å². The van der Waals surface area contributed by atoms with Crippen LogP contribution in [0.4, 0.5) is 5.69 Å². The molecule has 0 aliphatic carbocycles. The fraction of sp³-hybridized carbons (Fsp3) is 0.400. The Balaban J connectivity index is 2.56. The Labute approximate surface area is 84.4 Å². The first-order valence-electron chi connectivity index (χ1n) is 4.57. The molecule has 76 valence electrons. The van der Waals surface area contributed by atoms with Gasteiger partial charge in [0, 0.05) is 6.04 Å². The van der Waals surface area contributed by atoms with Crippen molar-refractivity contribution in [3.8, 4) is 0 Å². The Morgan fingerprint density at radius 1 is 1.36 bits per heavy atom. The molecule has 4 heteroatoms. The molecule has 3 nitrogen and oxygen atoms in total. The summed E-state index contributed by atoms with van der Waals surface area (Å²) in [6.07, 6.45) is 2.06. The van der Waals surface area contributed by atoms with Gasteiger partial charge in [-0.3, -0.25) is 4.31 Å². The van der Waals surface area contributed by atoms with Crippen LogP contribution in [0.2, 0.25) is 0 Å². The number of anilines is 1. The van der Waals surface area contributed by atoms with E-state index in [1.54, 1.807) is 0 Å². The molecule has 0 radical (unpaired) electrons. The highest BCUT2D eigenvalue weighted by Gasteiger charge is 2.31. The lowest BCUT2D eigenvalue weighted by atomic mass is 10.1. The number of hydrogen-bond donors (Lipinski definition) is 0. The van der Waals surface area contributed by atoms with Gasteiger partial charge in [0.2, 0.25) is 10.0 Å². The molecule has 1 heterocycles. The summed E-state index contributed by atoms with van der Waals surface area (Å²) < 4.78 is 24.6. The molecule has 0 amide bonds. The van der Waals surface area contributed by atoms with Crippen molar-refractivity contribution < 1.29 is 8.42 Å². The maximum absolute atomic E-state index is 11.5. The molecule has 1 aliphatic heterocycles. The third kappa shape index (κ3) is 1.39. The molecule has 1 aliphatic rings. The van der Waals surface area contributed by atoms with Gasteiger partial charge >= 0.3 is 0 Å². The topological polar surface area (TPSA) is 37.4 Å². The van der Waals surface area contributed by atoms with E-state index in [1.165, 1.54) is 10.6 Å². The Bertz CT molecular complexity index is 453. The van der Waals surface area contributed by atoms with Crippen molar-refractivity contribution in [1.82, 2.24) is 0 Å². The first-order chi connectivity index (χ1) is 6.50. The smallest absolute Gasteiger partial charge is 0.232 e. The molecular formula is C10H13NO2S. The Kier molecular flexibility index (Phi) is 2.03. The summed E-state index contributed by atoms with van der Waals surface area (Å²) in [4.78, 5) is 0. The average Bonchev–Trinajstić information content (AvgIpc) is 2.38. The van der Waals surface area contributed by atoms with Gasteiger partial charge in [0.15, 0.2) is 0 Å². The van der Waals surface area contributed by atoms with E-state index in [0.717, 1.165) is 17.7 Å². The Morgan fingerprint density at radius 2 is 2.00 bits per heavy atom. The monoisotopic (exact) mass is 211 g/mol. The average molecular weight is 211 g/mol. The molecular weight excluding hydrogens is 198 g/mol. The highest BCUT2D eigenvalue weighted by Crippen LogP contribution is 2.33. The quantitative estimate of drug-likeness (QED) is 0.704. The van der Waals surface area contributed by atoms with Gasteiger partial charge < -0.3 is 0 Å². The largest absolute Gasteiger partial charge is 0.267 e. The van der Waals surface area contributed by atoms with Gasteiger partial charge in [-0.05, 0) is 25.0 Å². The zero-order valence-corrected chi connectivity index (χ0v) is 9.08. The predicted octanol–water partition coefficient (Wildman–Crippen LogP) is 1.40. The molecule has 0 N–H and O–H groups in total. The van der Waals surface area contributed by atoms with Gasteiger partial charge in [-0.2, -0.15) is 0 Å². The lowest BCUT2D eigenvalue weighted by Gasteiger charge is -2.21. The molecule has 0 bridgehead atoms. The molecule has 14 heavy (non-hydrogen) atoms. The van der Waals surface area contributed by atoms with Crippen molar-refractivity contribution in [3.63, 3.8) is 0 Å². The van der Waals surface area contributed by atoms with E-state index >= 15 is 0 Å². The number of para-hydroxylation sites is 1. The molecule has 1 aromatic rings. The van der Waals surface area contributed by atoms with Gasteiger partial charge in [0.05, 0.1) is 11.9 Å². The molecule has 1 unspecified atom stereocenters. The molecule has 2 rings (SSSR count). The second-order valence-corrected chi connectivity index (χ2v) is 5.60. The molecule has 0 saturated carbocycles. The van der Waals surface area contributed by atoms with E-state index in [0.29, 0.717) is 0 Å². The van der Waals surface area contributed by atoms with Gasteiger partial charge in [0.1, 0.15) is 0 Å². The van der Waals surface area contributed by atoms with Crippen molar-refractivity contribution in [2.75, 3.05) is 10.6 Å². The molecule has 0 fully saturated rings. The molecule has 0 spiro atoms. The SMILES string of the molecule is CC1Cc2ccccc2N1S(C)(=O)=O. The first kappa shape index (κ1) is 9.52. The minimum absolute atomic E-state index is 0.0439. The first-order valence-corrected chi connectivity index (χ1v) is 6.42. The predicted molar refractivity (Wildman–Crippen MR) is 56.9 cm³/mol. The van der Waals surface area contributed by atoms with Crippen LogP contribution in [0.1, 0.15) is 12.5 Å². The van der Waals surface area contributed by atoms with Crippen molar-refractivity contribution >= 4 is 15.7 Å². The fourth-order valence-electron chi connectivity index (χ4n) is 2.04. The molecule has 1 aromatic carbocycles. The summed E-state index contributed by atoms with van der Waals surface area (Å²) in [5.41, 5.74) is 1.95. The third-order valence-electron chi connectivity index (χ3n) is 2.50. The third-order valence-corrected chi connectivity index (χ3v) is 3.77. The van der Waals surface area contributed by atoms with Gasteiger partial charge in [0.25, 0.3) is 0 Å². The van der Waals surface area contributed by atoms with Crippen LogP contribution in [0.5, 0.6) is 0 Å². The fourth-order valence-corrected chi connectivity index (χ4v) is 3.31. The van der Waals surface area contributed by atoms with E-state index in [2.05, 4.69) is 0 Å². The van der Waals surface area contributed by atoms with Gasteiger partial charge in [-0.15, -0.1) is 0 Å². The van der Waals surface area contributed by atoms with Crippen LogP contribution in [0.15, 0.2) is 24.3 Å². The second kappa shape index (κ2) is 2.98. The summed E-state index contributed by atoms with van der Waals surface area (Å²) in [5.74, 6) is 0. The Morgan fingerprint density at radius 3 is 2.64 bits per heavy atom. The minimum atomic E-state index is -3.13. The van der Waals surface area contributed by atoms with Crippen LogP contribution in [-0.2, 0) is 16.4 Å². The van der Waals surface area contributed by atoms with Crippen molar-refractivity contribution in [1.29, 1.82) is 0 Å². The molecule has 0 saturated heterocycles. The lowest BCUT2D eigenvalue weighted by molar-refractivity contribution is 0.590. The van der Waals surface area contributed by atoms with Crippen molar-refractivity contribution in [2.24, 2.45) is 0 Å². The maximum Gasteiger partial charge on any atom is 0.232 e. The van der Waals surface area contributed by atoms with E-state index in [-0.39, 0.29) is 6.04 Å². The van der Waals surface area contributed by atoms with E-state index in [9.17, 15) is 8.42 Å². The standard InChI is InChI=1S/C10H13NO2S/c1-8-7-9-5-3-4-6-10(9)11(8)14(2,12)13/h3-6,8H,7H2,1-2H3. The highest BCUT2D eigenvalue weighted by atomic mass is 32.2. The summed E-state index contributed by atoms with van der Waals surface area (Å²) >= 11 is 0. The van der Waals surface area contributed by atoms with E-state index < -0.39 is 10.0 Å². The van der Waals surface area contributed by atoms with Crippen molar-refractivity contribution in [3.05, 3.63) is 29.8 Å². The van der Waals surface area contributed by atoms with Crippen LogP contribution in [-0.4, -0.2) is 20.7 Å². The maximum atomic E-state index is 11.5. The normalized spacial score (nSPS) is 21.0. The number of sulfonamides is 1. The summed E-state index contributed by atoms with van der Waals surface area (Å²) in [5, 5.41) is 0. The van der Waals surface area contributed by atoms with Crippen LogP contribution >= 0.6 is 0 Å². The Hall–Kier alpha value is -1.03.